The molecule has 140 valence electrons. The maximum absolute atomic E-state index is 12.6. The summed E-state index contributed by atoms with van der Waals surface area (Å²) in [5.41, 5.74) is 2.86. The summed E-state index contributed by atoms with van der Waals surface area (Å²) in [5.74, 6) is -0.170. The van der Waals surface area contributed by atoms with Crippen LogP contribution in [0.5, 0.6) is 5.75 Å². The minimum absolute atomic E-state index is 0.0122. The zero-order valence-electron chi connectivity index (χ0n) is 15.4. The molecule has 0 aliphatic rings. The van der Waals surface area contributed by atoms with E-state index in [0.717, 1.165) is 16.7 Å². The highest BCUT2D eigenvalue weighted by Gasteiger charge is 2.25. The highest BCUT2D eigenvalue weighted by Crippen LogP contribution is 2.24. The van der Waals surface area contributed by atoms with Gasteiger partial charge in [-0.15, -0.1) is 0 Å². The van der Waals surface area contributed by atoms with Gasteiger partial charge < -0.3 is 10.1 Å². The highest BCUT2D eigenvalue weighted by molar-refractivity contribution is 7.89. The predicted molar refractivity (Wildman–Crippen MR) is 101 cm³/mol. The van der Waals surface area contributed by atoms with E-state index in [-0.39, 0.29) is 10.6 Å². The molecule has 0 bridgehead atoms. The minimum atomic E-state index is -3.89. The second kappa shape index (κ2) is 8.33. The van der Waals surface area contributed by atoms with Gasteiger partial charge in [-0.25, -0.2) is 8.42 Å². The Bertz CT molecular complexity index is 877. The summed E-state index contributed by atoms with van der Waals surface area (Å²) >= 11 is 0. The second-order valence-electron chi connectivity index (χ2n) is 6.20. The molecule has 0 saturated carbocycles. The first-order valence-corrected chi connectivity index (χ1v) is 9.71. The summed E-state index contributed by atoms with van der Waals surface area (Å²) in [5, 5.41) is 2.74. The van der Waals surface area contributed by atoms with Crippen LogP contribution in [0.4, 0.5) is 0 Å². The first-order chi connectivity index (χ1) is 12.2. The van der Waals surface area contributed by atoms with Crippen molar-refractivity contribution in [3.63, 3.8) is 0 Å². The van der Waals surface area contributed by atoms with Crippen molar-refractivity contribution in [3.8, 4) is 5.75 Å². The quantitative estimate of drug-likeness (QED) is 0.777. The van der Waals surface area contributed by atoms with Gasteiger partial charge in [-0.1, -0.05) is 35.9 Å². The molecule has 0 fully saturated rings. The molecular formula is C19H24N2O4S. The van der Waals surface area contributed by atoms with Gasteiger partial charge >= 0.3 is 0 Å². The van der Waals surface area contributed by atoms with Crippen molar-refractivity contribution in [3.05, 3.63) is 59.2 Å². The Morgan fingerprint density at radius 1 is 1.08 bits per heavy atom. The summed E-state index contributed by atoms with van der Waals surface area (Å²) in [6, 6.07) is 11.7. The van der Waals surface area contributed by atoms with Crippen molar-refractivity contribution in [2.24, 2.45) is 0 Å². The third-order valence-electron chi connectivity index (χ3n) is 3.92. The zero-order chi connectivity index (χ0) is 19.3. The number of benzene rings is 2. The van der Waals surface area contributed by atoms with E-state index in [0.29, 0.717) is 6.54 Å². The maximum atomic E-state index is 12.6. The number of ether oxygens (including phenoxy) is 1. The number of amides is 1. The Kier molecular flexibility index (Phi) is 6.39. The van der Waals surface area contributed by atoms with Gasteiger partial charge in [-0.2, -0.15) is 4.72 Å². The fourth-order valence-corrected chi connectivity index (χ4v) is 3.85. The number of hydrogen-bond donors (Lipinski definition) is 2. The van der Waals surface area contributed by atoms with Crippen LogP contribution in [0.25, 0.3) is 0 Å². The molecule has 2 N–H and O–H groups in total. The van der Waals surface area contributed by atoms with Crippen LogP contribution in [0.1, 0.15) is 23.6 Å². The lowest BCUT2D eigenvalue weighted by atomic mass is 10.1. The Morgan fingerprint density at radius 2 is 1.69 bits per heavy atom. The van der Waals surface area contributed by atoms with Gasteiger partial charge in [0.1, 0.15) is 10.6 Å². The van der Waals surface area contributed by atoms with E-state index in [9.17, 15) is 13.2 Å². The molecule has 0 aliphatic heterocycles. The first-order valence-electron chi connectivity index (χ1n) is 8.23. The van der Waals surface area contributed by atoms with Crippen molar-refractivity contribution in [2.75, 3.05) is 7.11 Å². The third kappa shape index (κ3) is 5.06. The summed E-state index contributed by atoms with van der Waals surface area (Å²) in [6.45, 7) is 5.61. The molecule has 0 unspecified atom stereocenters. The van der Waals surface area contributed by atoms with Gasteiger partial charge in [0.25, 0.3) is 0 Å². The molecule has 0 radical (unpaired) electrons. The van der Waals surface area contributed by atoms with Crippen molar-refractivity contribution in [1.29, 1.82) is 0 Å². The number of sulfonamides is 1. The van der Waals surface area contributed by atoms with Crippen LogP contribution in [0.15, 0.2) is 47.4 Å². The first kappa shape index (κ1) is 19.9. The van der Waals surface area contributed by atoms with Gasteiger partial charge in [0, 0.05) is 6.54 Å². The molecule has 0 heterocycles. The number of nitrogens with one attached hydrogen (secondary N) is 2. The average molecular weight is 376 g/mol. The smallest absolute Gasteiger partial charge is 0.244 e. The summed E-state index contributed by atoms with van der Waals surface area (Å²) in [6.07, 6.45) is 0. The summed E-state index contributed by atoms with van der Waals surface area (Å²) in [7, 11) is -2.49. The van der Waals surface area contributed by atoms with Crippen molar-refractivity contribution < 1.29 is 17.9 Å². The SMILES string of the molecule is COc1ccc(C)cc1S(=O)(=O)N[C@H](C)C(=O)NCc1ccc(C)cc1. The molecule has 0 spiro atoms. The fourth-order valence-electron chi connectivity index (χ4n) is 2.39. The van der Waals surface area contributed by atoms with Crippen LogP contribution in [0.3, 0.4) is 0 Å². The monoisotopic (exact) mass is 376 g/mol. The lowest BCUT2D eigenvalue weighted by Crippen LogP contribution is -2.44. The number of carbonyl (C=O) groups excluding carboxylic acids is 1. The molecule has 0 saturated heterocycles. The molecule has 2 aromatic carbocycles. The fraction of sp³-hybridized carbons (Fsp3) is 0.316. The topological polar surface area (TPSA) is 84.5 Å². The van der Waals surface area contributed by atoms with Gasteiger partial charge in [-0.3, -0.25) is 4.79 Å². The molecule has 0 aromatic heterocycles. The number of aryl methyl sites for hydroxylation is 2. The van der Waals surface area contributed by atoms with Gasteiger partial charge in [0.05, 0.1) is 13.2 Å². The van der Waals surface area contributed by atoms with Crippen LogP contribution in [0, 0.1) is 13.8 Å². The summed E-state index contributed by atoms with van der Waals surface area (Å²) in [4.78, 5) is 12.3. The van der Waals surface area contributed by atoms with Gasteiger partial charge in [0.15, 0.2) is 0 Å². The molecule has 0 aliphatic carbocycles. The van der Waals surface area contributed by atoms with Crippen LogP contribution >= 0.6 is 0 Å². The maximum Gasteiger partial charge on any atom is 0.244 e. The van der Waals surface area contributed by atoms with E-state index < -0.39 is 22.0 Å². The van der Waals surface area contributed by atoms with Crippen molar-refractivity contribution >= 4 is 15.9 Å². The molecule has 1 amide bonds. The Hall–Kier alpha value is -2.38. The third-order valence-corrected chi connectivity index (χ3v) is 5.48. The lowest BCUT2D eigenvalue weighted by Gasteiger charge is -2.16. The van der Waals surface area contributed by atoms with Crippen LogP contribution in [0.2, 0.25) is 0 Å². The standard InChI is InChI=1S/C19H24N2O4S/c1-13-5-8-16(9-6-13)12-20-19(22)15(3)21-26(23,24)18-11-14(2)7-10-17(18)25-4/h5-11,15,21H,12H2,1-4H3,(H,20,22)/t15-/m1/s1. The molecule has 7 heteroatoms. The largest absolute Gasteiger partial charge is 0.495 e. The Balaban J connectivity index is 2.05. The number of rotatable bonds is 7. The van der Waals surface area contributed by atoms with E-state index >= 15 is 0 Å². The second-order valence-corrected chi connectivity index (χ2v) is 7.88. The predicted octanol–water partition coefficient (Wildman–Crippen LogP) is 2.30. The van der Waals surface area contributed by atoms with E-state index in [4.69, 9.17) is 4.74 Å². The number of carbonyl (C=O) groups is 1. The van der Waals surface area contributed by atoms with Gasteiger partial charge in [0.2, 0.25) is 15.9 Å². The number of methoxy groups -OCH3 is 1. The van der Waals surface area contributed by atoms with Crippen LogP contribution in [-0.2, 0) is 21.4 Å². The van der Waals surface area contributed by atoms with E-state index in [1.807, 2.05) is 31.2 Å². The van der Waals surface area contributed by atoms with Crippen LogP contribution in [-0.4, -0.2) is 27.5 Å². The lowest BCUT2D eigenvalue weighted by molar-refractivity contribution is -0.122. The molecule has 2 rings (SSSR count). The molecular weight excluding hydrogens is 352 g/mol. The van der Waals surface area contributed by atoms with E-state index in [1.165, 1.54) is 20.1 Å². The molecule has 26 heavy (non-hydrogen) atoms. The zero-order valence-corrected chi connectivity index (χ0v) is 16.2. The normalized spacial score (nSPS) is 12.5. The highest BCUT2D eigenvalue weighted by atomic mass is 32.2. The Labute approximate surface area is 154 Å². The van der Waals surface area contributed by atoms with Crippen LogP contribution < -0.4 is 14.8 Å². The molecule has 1 atom stereocenters. The number of hydrogen-bond acceptors (Lipinski definition) is 4. The average Bonchev–Trinajstić information content (AvgIpc) is 2.60. The van der Waals surface area contributed by atoms with E-state index in [2.05, 4.69) is 10.0 Å². The van der Waals surface area contributed by atoms with E-state index in [1.54, 1.807) is 19.1 Å². The minimum Gasteiger partial charge on any atom is -0.495 e. The summed E-state index contributed by atoms with van der Waals surface area (Å²) < 4.78 is 32.8. The molecule has 2 aromatic rings. The van der Waals surface area contributed by atoms with Gasteiger partial charge in [-0.05, 0) is 44.0 Å². The molecule has 6 nitrogen and oxygen atoms in total. The van der Waals surface area contributed by atoms with Crippen molar-refractivity contribution in [2.45, 2.75) is 38.3 Å². The van der Waals surface area contributed by atoms with Crippen molar-refractivity contribution in [1.82, 2.24) is 10.0 Å². The Morgan fingerprint density at radius 3 is 2.31 bits per heavy atom.